The Bertz CT molecular complexity index is 647. The number of amides is 2. The van der Waals surface area contributed by atoms with Gasteiger partial charge in [0, 0.05) is 12.1 Å². The van der Waals surface area contributed by atoms with E-state index < -0.39 is 47.1 Å². The van der Waals surface area contributed by atoms with Gasteiger partial charge >= 0.3 is 6.18 Å². The van der Waals surface area contributed by atoms with E-state index >= 15 is 0 Å². The third-order valence-corrected chi connectivity index (χ3v) is 3.69. The highest BCUT2D eigenvalue weighted by atomic mass is 19.4. The number of β-amino-alcohol motifs (C(OH)–C–C–N with tert-alkyl or cyclic N) is 1. The van der Waals surface area contributed by atoms with Gasteiger partial charge in [0.1, 0.15) is 5.82 Å². The maximum absolute atomic E-state index is 13.4. The quantitative estimate of drug-likeness (QED) is 0.800. The van der Waals surface area contributed by atoms with Crippen LogP contribution in [0.2, 0.25) is 0 Å². The van der Waals surface area contributed by atoms with Crippen molar-refractivity contribution in [1.82, 2.24) is 4.90 Å². The van der Waals surface area contributed by atoms with Gasteiger partial charge in [0.15, 0.2) is 5.60 Å². The van der Waals surface area contributed by atoms with Crippen molar-refractivity contribution in [2.75, 3.05) is 13.1 Å². The van der Waals surface area contributed by atoms with E-state index in [9.17, 15) is 32.3 Å². The molecule has 23 heavy (non-hydrogen) atoms. The maximum atomic E-state index is 13.4. The van der Waals surface area contributed by atoms with Gasteiger partial charge in [0.25, 0.3) is 11.8 Å². The highest BCUT2D eigenvalue weighted by Gasteiger charge is 2.41. The number of aliphatic hydroxyl groups is 1. The van der Waals surface area contributed by atoms with E-state index in [1.807, 2.05) is 0 Å². The zero-order chi connectivity index (χ0) is 17.4. The van der Waals surface area contributed by atoms with Crippen LogP contribution in [0.5, 0.6) is 0 Å². The number of rotatable bonds is 2. The SMILES string of the molecule is NC(=O)[C@]1(O)CCCN(C(=O)c2cc(F)cc(C(F)(F)F)c2)C1. The van der Waals surface area contributed by atoms with Crippen molar-refractivity contribution in [3.05, 3.63) is 35.1 Å². The van der Waals surface area contributed by atoms with Crippen molar-refractivity contribution in [3.63, 3.8) is 0 Å². The molecule has 1 aromatic carbocycles. The Labute approximate surface area is 128 Å². The Morgan fingerprint density at radius 3 is 2.48 bits per heavy atom. The first-order valence-electron chi connectivity index (χ1n) is 6.72. The first-order valence-corrected chi connectivity index (χ1v) is 6.72. The van der Waals surface area contributed by atoms with Gasteiger partial charge in [-0.15, -0.1) is 0 Å². The van der Waals surface area contributed by atoms with Crippen molar-refractivity contribution in [3.8, 4) is 0 Å². The molecule has 1 aromatic rings. The van der Waals surface area contributed by atoms with Gasteiger partial charge in [-0.1, -0.05) is 0 Å². The number of hydrogen-bond acceptors (Lipinski definition) is 3. The van der Waals surface area contributed by atoms with Crippen molar-refractivity contribution in [1.29, 1.82) is 0 Å². The van der Waals surface area contributed by atoms with Gasteiger partial charge in [-0.2, -0.15) is 13.2 Å². The molecule has 1 heterocycles. The lowest BCUT2D eigenvalue weighted by Crippen LogP contribution is -2.57. The first kappa shape index (κ1) is 17.2. The van der Waals surface area contributed by atoms with Gasteiger partial charge in [-0.05, 0) is 31.0 Å². The number of piperidine rings is 1. The minimum absolute atomic E-state index is 0.0447. The Balaban J connectivity index is 2.30. The van der Waals surface area contributed by atoms with E-state index in [4.69, 9.17) is 5.73 Å². The van der Waals surface area contributed by atoms with Crippen LogP contribution in [-0.4, -0.2) is 40.5 Å². The Kier molecular flexibility index (Phi) is 4.34. The molecule has 126 valence electrons. The third kappa shape index (κ3) is 3.61. The number of benzene rings is 1. The fourth-order valence-corrected chi connectivity index (χ4v) is 2.47. The number of hydrogen-bond donors (Lipinski definition) is 2. The Hall–Kier alpha value is -2.16. The normalized spacial score (nSPS) is 22.0. The summed E-state index contributed by atoms with van der Waals surface area (Å²) < 4.78 is 51.4. The van der Waals surface area contributed by atoms with Crippen molar-refractivity contribution >= 4 is 11.8 Å². The van der Waals surface area contributed by atoms with Gasteiger partial charge in [0.05, 0.1) is 12.1 Å². The molecular formula is C14H14F4N2O3. The number of nitrogens with two attached hydrogens (primary N) is 1. The third-order valence-electron chi connectivity index (χ3n) is 3.69. The van der Waals surface area contributed by atoms with Gasteiger partial charge in [0.2, 0.25) is 0 Å². The summed E-state index contributed by atoms with van der Waals surface area (Å²) in [5.41, 5.74) is 1.34. The fourth-order valence-electron chi connectivity index (χ4n) is 2.47. The largest absolute Gasteiger partial charge is 0.416 e. The number of carbonyl (C=O) groups excluding carboxylic acids is 2. The van der Waals surface area contributed by atoms with E-state index in [2.05, 4.69) is 0 Å². The maximum Gasteiger partial charge on any atom is 0.416 e. The van der Waals surface area contributed by atoms with Crippen LogP contribution in [-0.2, 0) is 11.0 Å². The lowest BCUT2D eigenvalue weighted by molar-refractivity contribution is -0.140. The summed E-state index contributed by atoms with van der Waals surface area (Å²) >= 11 is 0. The van der Waals surface area contributed by atoms with Gasteiger partial charge in [-0.3, -0.25) is 9.59 Å². The zero-order valence-corrected chi connectivity index (χ0v) is 11.9. The van der Waals surface area contributed by atoms with Crippen LogP contribution in [0, 0.1) is 5.82 Å². The number of alkyl halides is 3. The van der Waals surface area contributed by atoms with Crippen molar-refractivity contribution in [2.24, 2.45) is 5.73 Å². The lowest BCUT2D eigenvalue weighted by Gasteiger charge is -2.37. The van der Waals surface area contributed by atoms with E-state index in [1.54, 1.807) is 0 Å². The molecule has 0 bridgehead atoms. The predicted octanol–water partition coefficient (Wildman–Crippen LogP) is 1.30. The number of carbonyl (C=O) groups is 2. The number of halogens is 4. The van der Waals surface area contributed by atoms with E-state index in [-0.39, 0.29) is 25.5 Å². The fraction of sp³-hybridized carbons (Fsp3) is 0.429. The summed E-state index contributed by atoms with van der Waals surface area (Å²) in [5.74, 6) is -3.13. The molecule has 1 aliphatic rings. The van der Waals surface area contributed by atoms with Crippen LogP contribution in [0.3, 0.4) is 0 Å². The molecule has 0 aliphatic carbocycles. The summed E-state index contributed by atoms with van der Waals surface area (Å²) in [6.07, 6.45) is -4.51. The summed E-state index contributed by atoms with van der Waals surface area (Å²) in [4.78, 5) is 24.5. The lowest BCUT2D eigenvalue weighted by atomic mass is 9.91. The molecule has 0 radical (unpaired) electrons. The van der Waals surface area contributed by atoms with Crippen LogP contribution in [0.4, 0.5) is 17.6 Å². The minimum Gasteiger partial charge on any atom is -0.378 e. The summed E-state index contributed by atoms with van der Waals surface area (Å²) in [6, 6.07) is 1.49. The van der Waals surface area contributed by atoms with E-state index in [0.717, 1.165) is 4.90 Å². The van der Waals surface area contributed by atoms with Crippen LogP contribution in [0.1, 0.15) is 28.8 Å². The predicted molar refractivity (Wildman–Crippen MR) is 70.7 cm³/mol. The second-order valence-electron chi connectivity index (χ2n) is 5.45. The van der Waals surface area contributed by atoms with Crippen LogP contribution < -0.4 is 5.73 Å². The molecule has 2 rings (SSSR count). The summed E-state index contributed by atoms with van der Waals surface area (Å²) in [5, 5.41) is 10.0. The minimum atomic E-state index is -4.80. The average Bonchev–Trinajstić information content (AvgIpc) is 2.44. The highest BCUT2D eigenvalue weighted by molar-refractivity contribution is 5.95. The molecule has 9 heteroatoms. The van der Waals surface area contributed by atoms with Crippen molar-refractivity contribution in [2.45, 2.75) is 24.6 Å². The molecule has 1 fully saturated rings. The van der Waals surface area contributed by atoms with Gasteiger partial charge < -0.3 is 15.7 Å². The summed E-state index contributed by atoms with van der Waals surface area (Å²) in [7, 11) is 0. The first-order chi connectivity index (χ1) is 10.5. The van der Waals surface area contributed by atoms with Crippen LogP contribution in [0.15, 0.2) is 18.2 Å². The molecule has 2 amide bonds. The molecule has 0 unspecified atom stereocenters. The second-order valence-corrected chi connectivity index (χ2v) is 5.45. The number of primary amides is 1. The van der Waals surface area contributed by atoms with E-state index in [0.29, 0.717) is 12.1 Å². The van der Waals surface area contributed by atoms with Crippen LogP contribution in [0.25, 0.3) is 0 Å². The molecule has 1 aliphatic heterocycles. The Morgan fingerprint density at radius 2 is 1.91 bits per heavy atom. The average molecular weight is 334 g/mol. The second kappa shape index (κ2) is 5.80. The topological polar surface area (TPSA) is 83.6 Å². The molecule has 1 saturated heterocycles. The number of nitrogens with zero attached hydrogens (tertiary/aromatic N) is 1. The van der Waals surface area contributed by atoms with E-state index in [1.165, 1.54) is 0 Å². The monoisotopic (exact) mass is 334 g/mol. The molecule has 1 atom stereocenters. The zero-order valence-electron chi connectivity index (χ0n) is 11.9. The standard InChI is InChI=1S/C14H14F4N2O3/c15-10-5-8(4-9(6-10)14(16,17)18)11(21)20-3-1-2-13(23,7-20)12(19)22/h4-6,23H,1-3,7H2,(H2,19,22)/t13-/m0/s1. The van der Waals surface area contributed by atoms with Gasteiger partial charge in [-0.25, -0.2) is 4.39 Å². The number of likely N-dealkylation sites (tertiary alicyclic amines) is 1. The highest BCUT2D eigenvalue weighted by Crippen LogP contribution is 2.31. The molecule has 0 aromatic heterocycles. The van der Waals surface area contributed by atoms with Crippen LogP contribution >= 0.6 is 0 Å². The molecule has 0 spiro atoms. The smallest absolute Gasteiger partial charge is 0.378 e. The Morgan fingerprint density at radius 1 is 1.26 bits per heavy atom. The van der Waals surface area contributed by atoms with Crippen molar-refractivity contribution < 1.29 is 32.3 Å². The molecule has 0 saturated carbocycles. The summed E-state index contributed by atoms with van der Waals surface area (Å²) in [6.45, 7) is -0.328. The molecule has 5 nitrogen and oxygen atoms in total. The molecule has 3 N–H and O–H groups in total. The molecular weight excluding hydrogens is 320 g/mol.